The lowest BCUT2D eigenvalue weighted by molar-refractivity contribution is -0.161. The molecule has 0 spiro atoms. The Kier molecular flexibility index (Phi) is 63.6. The van der Waals surface area contributed by atoms with E-state index in [-0.39, 0.29) is 25.7 Å². The van der Waals surface area contributed by atoms with Crippen molar-refractivity contribution in [1.29, 1.82) is 0 Å². The van der Waals surface area contributed by atoms with E-state index < -0.39 is 97.5 Å². The Morgan fingerprint density at radius 2 is 0.565 bits per heavy atom. The third-order valence-corrected chi connectivity index (χ3v) is 17.1. The Labute approximate surface area is 558 Å². The summed E-state index contributed by atoms with van der Waals surface area (Å²) in [6.07, 6.45) is 63.4. The Hall–Kier alpha value is -3.50. The number of phosphoric acid groups is 2. The average molecular weight is 1340 g/mol. The van der Waals surface area contributed by atoms with Crippen LogP contribution in [0, 0.1) is 0 Å². The zero-order valence-electron chi connectivity index (χ0n) is 58.0. The first-order chi connectivity index (χ1) is 44.7. The van der Waals surface area contributed by atoms with Crippen LogP contribution >= 0.6 is 15.6 Å². The summed E-state index contributed by atoms with van der Waals surface area (Å²) >= 11 is 0. The molecule has 0 rings (SSSR count). The summed E-state index contributed by atoms with van der Waals surface area (Å²) in [5.41, 5.74) is 0. The number of carbonyl (C=O) groups excluding carboxylic acids is 4. The van der Waals surface area contributed by atoms with Gasteiger partial charge in [0.25, 0.3) is 0 Å². The van der Waals surface area contributed by atoms with Crippen LogP contribution in [0.3, 0.4) is 0 Å². The van der Waals surface area contributed by atoms with Gasteiger partial charge in [0.1, 0.15) is 19.3 Å². The molecule has 3 N–H and O–H groups in total. The Morgan fingerprint density at radius 1 is 0.315 bits per heavy atom. The van der Waals surface area contributed by atoms with Gasteiger partial charge in [-0.2, -0.15) is 0 Å². The highest BCUT2D eigenvalue weighted by Crippen LogP contribution is 2.45. The first-order valence-corrected chi connectivity index (χ1v) is 39.2. The van der Waals surface area contributed by atoms with E-state index in [1.54, 1.807) is 0 Å². The highest BCUT2D eigenvalue weighted by Gasteiger charge is 2.30. The zero-order valence-corrected chi connectivity index (χ0v) is 59.8. The average Bonchev–Trinajstić information content (AvgIpc) is 2.93. The molecule has 534 valence electrons. The van der Waals surface area contributed by atoms with Crippen LogP contribution in [0.1, 0.15) is 310 Å². The van der Waals surface area contributed by atoms with E-state index in [9.17, 15) is 43.2 Å². The van der Waals surface area contributed by atoms with Crippen molar-refractivity contribution in [3.8, 4) is 0 Å². The molecule has 19 heteroatoms. The smallest absolute Gasteiger partial charge is 0.462 e. The number of allylic oxidation sites excluding steroid dienone is 12. The molecule has 0 aliphatic heterocycles. The number of phosphoric ester groups is 2. The van der Waals surface area contributed by atoms with Crippen molar-refractivity contribution in [2.45, 2.75) is 329 Å². The molecule has 0 aromatic heterocycles. The molecule has 5 atom stereocenters. The summed E-state index contributed by atoms with van der Waals surface area (Å²) in [7, 11) is -9.94. The molecule has 0 saturated heterocycles. The number of aliphatic hydroxyl groups excluding tert-OH is 1. The predicted molar refractivity (Wildman–Crippen MR) is 372 cm³/mol. The van der Waals surface area contributed by atoms with E-state index >= 15 is 0 Å². The van der Waals surface area contributed by atoms with Gasteiger partial charge in [-0.3, -0.25) is 37.3 Å². The summed E-state index contributed by atoms with van der Waals surface area (Å²) in [5, 5.41) is 10.6. The number of esters is 4. The maximum absolute atomic E-state index is 13.0. The minimum absolute atomic E-state index is 0.0718. The number of rotatable bonds is 68. The molecule has 0 radical (unpaired) electrons. The normalized spacial score (nSPS) is 14.5. The van der Waals surface area contributed by atoms with Gasteiger partial charge in [-0.05, 0) is 96.3 Å². The molecule has 0 fully saturated rings. The first-order valence-electron chi connectivity index (χ1n) is 36.2. The fourth-order valence-corrected chi connectivity index (χ4v) is 11.2. The monoisotopic (exact) mass is 1340 g/mol. The highest BCUT2D eigenvalue weighted by atomic mass is 31.2. The van der Waals surface area contributed by atoms with Gasteiger partial charge in [0.2, 0.25) is 0 Å². The second kappa shape index (κ2) is 66.1. The largest absolute Gasteiger partial charge is 0.472 e. The zero-order chi connectivity index (χ0) is 67.5. The van der Waals surface area contributed by atoms with E-state index in [2.05, 4.69) is 101 Å². The fourth-order valence-electron chi connectivity index (χ4n) is 9.65. The molecule has 5 unspecified atom stereocenters. The molecular weight excluding hydrogens is 1210 g/mol. The standard InChI is InChI=1S/C73H130O17P2/c1-5-9-13-17-21-25-29-31-33-35-39-42-46-50-54-58-71(76)84-64-69(90-73(78)60-56-52-48-44-40-36-34-32-30-26-22-18-14-10-6-2)66-88-92(81,82)86-62-67(74)61-85-91(79,80)87-65-68(89-72(77)59-55-51-47-43-38-28-24-20-16-12-8-4)63-83-70(75)57-53-49-45-41-37-27-23-19-15-11-7-3/h9,13,21-22,25-26,31-34,39,42,67-69,74H,5-8,10-12,14-20,23-24,27-30,35-38,40-41,43-66H2,1-4H3,(H,79,80)(H,81,82)/b13-9-,25-21-,26-22-,33-31-,34-32-,42-39-. The molecule has 0 aliphatic rings. The van der Waals surface area contributed by atoms with Crippen molar-refractivity contribution in [1.82, 2.24) is 0 Å². The van der Waals surface area contributed by atoms with Crippen molar-refractivity contribution in [2.24, 2.45) is 0 Å². The Morgan fingerprint density at radius 3 is 0.913 bits per heavy atom. The summed E-state index contributed by atoms with van der Waals surface area (Å²) < 4.78 is 68.2. The molecule has 0 bridgehead atoms. The van der Waals surface area contributed by atoms with Crippen LogP contribution in [-0.2, 0) is 65.4 Å². The summed E-state index contributed by atoms with van der Waals surface area (Å²) in [6.45, 7) is 4.67. The van der Waals surface area contributed by atoms with Gasteiger partial charge in [-0.15, -0.1) is 0 Å². The van der Waals surface area contributed by atoms with E-state index in [4.69, 9.17) is 37.0 Å². The lowest BCUT2D eigenvalue weighted by atomic mass is 10.1. The molecule has 0 aromatic carbocycles. The molecule has 0 heterocycles. The van der Waals surface area contributed by atoms with E-state index in [0.717, 1.165) is 128 Å². The van der Waals surface area contributed by atoms with Gasteiger partial charge in [0.05, 0.1) is 26.4 Å². The summed E-state index contributed by atoms with van der Waals surface area (Å²) in [4.78, 5) is 72.6. The predicted octanol–water partition coefficient (Wildman–Crippen LogP) is 20.1. The van der Waals surface area contributed by atoms with E-state index in [1.165, 1.54) is 103 Å². The number of hydrogen-bond acceptors (Lipinski definition) is 15. The lowest BCUT2D eigenvalue weighted by Gasteiger charge is -2.21. The molecule has 17 nitrogen and oxygen atoms in total. The highest BCUT2D eigenvalue weighted by molar-refractivity contribution is 7.47. The van der Waals surface area contributed by atoms with Gasteiger partial charge in [-0.25, -0.2) is 9.13 Å². The Bertz CT molecular complexity index is 2040. The molecule has 92 heavy (non-hydrogen) atoms. The quantitative estimate of drug-likeness (QED) is 0.0169. The fraction of sp³-hybridized carbons (Fsp3) is 0.781. The van der Waals surface area contributed by atoms with Crippen LogP contribution in [-0.4, -0.2) is 96.7 Å². The third-order valence-electron chi connectivity index (χ3n) is 15.2. The van der Waals surface area contributed by atoms with Crippen LogP contribution in [0.2, 0.25) is 0 Å². The van der Waals surface area contributed by atoms with Gasteiger partial charge in [0, 0.05) is 25.7 Å². The molecular formula is C73H130O17P2. The summed E-state index contributed by atoms with van der Waals surface area (Å²) in [5.74, 6) is -2.22. The molecule has 0 amide bonds. The van der Waals surface area contributed by atoms with Crippen LogP contribution in [0.15, 0.2) is 72.9 Å². The topological polar surface area (TPSA) is 237 Å². The number of ether oxygens (including phenoxy) is 4. The van der Waals surface area contributed by atoms with Gasteiger partial charge >= 0.3 is 39.5 Å². The van der Waals surface area contributed by atoms with Crippen LogP contribution in [0.4, 0.5) is 0 Å². The maximum atomic E-state index is 13.0. The van der Waals surface area contributed by atoms with Gasteiger partial charge in [-0.1, -0.05) is 261 Å². The minimum atomic E-state index is -4.98. The SMILES string of the molecule is CC/C=C\C/C=C\C/C=C\C/C=C\CCCCC(=O)OCC(COP(=O)(O)OCC(O)COP(=O)(O)OCC(COC(=O)CCCCCCCCCCCCC)OC(=O)CCCCCCCCCCCCC)OC(=O)CCCCCCC/C=C\C/C=C\CCCCC. The van der Waals surface area contributed by atoms with Crippen molar-refractivity contribution in [3.63, 3.8) is 0 Å². The second-order valence-corrected chi connectivity index (χ2v) is 27.1. The third kappa shape index (κ3) is 65.2. The van der Waals surface area contributed by atoms with Crippen molar-refractivity contribution >= 4 is 39.5 Å². The van der Waals surface area contributed by atoms with Crippen molar-refractivity contribution in [2.75, 3.05) is 39.6 Å². The maximum Gasteiger partial charge on any atom is 0.472 e. The van der Waals surface area contributed by atoms with Crippen LogP contribution in [0.25, 0.3) is 0 Å². The van der Waals surface area contributed by atoms with Gasteiger partial charge < -0.3 is 33.8 Å². The van der Waals surface area contributed by atoms with Crippen LogP contribution < -0.4 is 0 Å². The molecule has 0 saturated carbocycles. The number of unbranched alkanes of at least 4 members (excludes halogenated alkanes) is 30. The first kappa shape index (κ1) is 88.5. The molecule has 0 aliphatic carbocycles. The Balaban J connectivity index is 5.35. The molecule has 0 aromatic rings. The van der Waals surface area contributed by atoms with Crippen molar-refractivity contribution in [3.05, 3.63) is 72.9 Å². The van der Waals surface area contributed by atoms with Crippen LogP contribution in [0.5, 0.6) is 0 Å². The minimum Gasteiger partial charge on any atom is -0.462 e. The number of aliphatic hydroxyl groups is 1. The number of carbonyl (C=O) groups is 4. The van der Waals surface area contributed by atoms with Gasteiger partial charge in [0.15, 0.2) is 12.2 Å². The lowest BCUT2D eigenvalue weighted by Crippen LogP contribution is -2.30. The number of hydrogen-bond donors (Lipinski definition) is 3. The van der Waals surface area contributed by atoms with E-state index in [0.29, 0.717) is 25.7 Å². The summed E-state index contributed by atoms with van der Waals surface area (Å²) in [6, 6.07) is 0. The van der Waals surface area contributed by atoms with E-state index in [1.807, 2.05) is 0 Å². The second-order valence-electron chi connectivity index (χ2n) is 24.2. The van der Waals surface area contributed by atoms with Crippen molar-refractivity contribution < 1.29 is 80.2 Å².